The fraction of sp³-hybridized carbons (Fsp3) is 1.00. The maximum atomic E-state index is 5.77. The second-order valence-corrected chi connectivity index (χ2v) is 4.69. The highest BCUT2D eigenvalue weighted by Crippen LogP contribution is 2.13. The Labute approximate surface area is 99.9 Å². The van der Waals surface area contributed by atoms with Crippen LogP contribution in [-0.4, -0.2) is 38.5 Å². The van der Waals surface area contributed by atoms with Gasteiger partial charge in [0.1, 0.15) is 0 Å². The third kappa shape index (κ3) is 6.46. The molecule has 1 fully saturated rings. The molecule has 96 valence electrons. The molecule has 2 unspecified atom stereocenters. The monoisotopic (exact) mass is 229 g/mol. The lowest BCUT2D eigenvalue weighted by atomic mass is 10.1. The van der Waals surface area contributed by atoms with Crippen molar-refractivity contribution in [3.63, 3.8) is 0 Å². The van der Waals surface area contributed by atoms with E-state index in [1.165, 1.54) is 25.7 Å². The third-order valence-electron chi connectivity index (χ3n) is 2.98. The smallest absolute Gasteiger partial charge is 0.0808 e. The molecular formula is C13H27NO2. The molecule has 1 N–H and O–H groups in total. The van der Waals surface area contributed by atoms with Crippen LogP contribution >= 0.6 is 0 Å². The van der Waals surface area contributed by atoms with Gasteiger partial charge >= 0.3 is 0 Å². The van der Waals surface area contributed by atoms with E-state index >= 15 is 0 Å². The lowest BCUT2D eigenvalue weighted by molar-refractivity contribution is -0.0583. The Morgan fingerprint density at radius 1 is 1.44 bits per heavy atom. The summed E-state index contributed by atoms with van der Waals surface area (Å²) in [5.74, 6) is 0. The molecule has 1 aliphatic heterocycles. The van der Waals surface area contributed by atoms with E-state index in [2.05, 4.69) is 19.2 Å². The molecule has 0 aromatic rings. The van der Waals surface area contributed by atoms with Crippen molar-refractivity contribution in [3.05, 3.63) is 0 Å². The second-order valence-electron chi connectivity index (χ2n) is 4.69. The van der Waals surface area contributed by atoms with Gasteiger partial charge in [0, 0.05) is 13.2 Å². The Hall–Kier alpha value is -0.120. The Balaban J connectivity index is 1.94. The standard InChI is InChI=1S/C13H27NO2/c1-3-4-8-14-10-12(2)16-11-13-7-5-6-9-15-13/h12-14H,3-11H2,1-2H3. The van der Waals surface area contributed by atoms with E-state index in [9.17, 15) is 0 Å². The van der Waals surface area contributed by atoms with Gasteiger partial charge in [0.05, 0.1) is 18.8 Å². The van der Waals surface area contributed by atoms with E-state index in [0.29, 0.717) is 12.2 Å². The molecule has 16 heavy (non-hydrogen) atoms. The first-order valence-corrected chi connectivity index (χ1v) is 6.77. The van der Waals surface area contributed by atoms with E-state index < -0.39 is 0 Å². The normalized spacial score (nSPS) is 23.2. The van der Waals surface area contributed by atoms with E-state index in [1.807, 2.05) is 0 Å². The van der Waals surface area contributed by atoms with Gasteiger partial charge in [-0.05, 0) is 39.2 Å². The molecule has 0 aromatic carbocycles. The molecule has 1 saturated heterocycles. The van der Waals surface area contributed by atoms with Gasteiger partial charge in [-0.2, -0.15) is 0 Å². The maximum absolute atomic E-state index is 5.77. The Kier molecular flexibility index (Phi) is 7.81. The van der Waals surface area contributed by atoms with E-state index in [1.54, 1.807) is 0 Å². The Bertz CT molecular complexity index is 158. The van der Waals surface area contributed by atoms with Crippen LogP contribution in [0.25, 0.3) is 0 Å². The largest absolute Gasteiger partial charge is 0.376 e. The average molecular weight is 229 g/mol. The van der Waals surface area contributed by atoms with Gasteiger partial charge in [0.25, 0.3) is 0 Å². The quantitative estimate of drug-likeness (QED) is 0.648. The van der Waals surface area contributed by atoms with Crippen LogP contribution in [0, 0.1) is 0 Å². The van der Waals surface area contributed by atoms with Gasteiger partial charge < -0.3 is 14.8 Å². The topological polar surface area (TPSA) is 30.5 Å². The second kappa shape index (κ2) is 8.97. The van der Waals surface area contributed by atoms with Gasteiger partial charge in [-0.1, -0.05) is 13.3 Å². The number of nitrogens with one attached hydrogen (secondary N) is 1. The molecule has 0 radical (unpaired) electrons. The maximum Gasteiger partial charge on any atom is 0.0808 e. The summed E-state index contributed by atoms with van der Waals surface area (Å²) in [5, 5.41) is 3.41. The Morgan fingerprint density at radius 3 is 3.00 bits per heavy atom. The summed E-state index contributed by atoms with van der Waals surface area (Å²) in [4.78, 5) is 0. The number of unbranched alkanes of at least 4 members (excludes halogenated alkanes) is 1. The number of rotatable bonds is 8. The van der Waals surface area contributed by atoms with Crippen molar-refractivity contribution in [1.29, 1.82) is 0 Å². The number of ether oxygens (including phenoxy) is 2. The molecule has 0 spiro atoms. The van der Waals surface area contributed by atoms with Crippen LogP contribution < -0.4 is 5.32 Å². The van der Waals surface area contributed by atoms with Crippen molar-refractivity contribution in [3.8, 4) is 0 Å². The summed E-state index contributed by atoms with van der Waals surface area (Å²) in [6.45, 7) is 8.06. The van der Waals surface area contributed by atoms with Gasteiger partial charge in [-0.15, -0.1) is 0 Å². The zero-order chi connectivity index (χ0) is 11.6. The van der Waals surface area contributed by atoms with Crippen molar-refractivity contribution in [1.82, 2.24) is 5.32 Å². The number of hydrogen-bond donors (Lipinski definition) is 1. The molecule has 0 bridgehead atoms. The molecule has 2 atom stereocenters. The molecule has 1 heterocycles. The summed E-state index contributed by atoms with van der Waals surface area (Å²) in [6.07, 6.45) is 6.79. The highest BCUT2D eigenvalue weighted by Gasteiger charge is 2.14. The van der Waals surface area contributed by atoms with Crippen LogP contribution in [0.4, 0.5) is 0 Å². The highest BCUT2D eigenvalue weighted by atomic mass is 16.5. The molecule has 0 saturated carbocycles. The molecule has 0 aliphatic carbocycles. The highest BCUT2D eigenvalue weighted by molar-refractivity contribution is 4.64. The van der Waals surface area contributed by atoms with Crippen LogP contribution in [0.2, 0.25) is 0 Å². The first-order chi connectivity index (χ1) is 7.83. The van der Waals surface area contributed by atoms with Gasteiger partial charge in [-0.3, -0.25) is 0 Å². The van der Waals surface area contributed by atoms with Crippen molar-refractivity contribution >= 4 is 0 Å². The fourth-order valence-corrected chi connectivity index (χ4v) is 1.88. The fourth-order valence-electron chi connectivity index (χ4n) is 1.88. The SMILES string of the molecule is CCCCNCC(C)OCC1CCCCO1. The molecule has 1 aliphatic rings. The first kappa shape index (κ1) is 13.9. The lowest BCUT2D eigenvalue weighted by Gasteiger charge is -2.24. The van der Waals surface area contributed by atoms with Crippen LogP contribution in [0.15, 0.2) is 0 Å². The van der Waals surface area contributed by atoms with Crippen molar-refractivity contribution in [2.45, 2.75) is 58.2 Å². The summed E-state index contributed by atoms with van der Waals surface area (Å²) in [6, 6.07) is 0. The Morgan fingerprint density at radius 2 is 2.31 bits per heavy atom. The molecule has 3 nitrogen and oxygen atoms in total. The van der Waals surface area contributed by atoms with E-state index in [-0.39, 0.29) is 0 Å². The average Bonchev–Trinajstić information content (AvgIpc) is 2.33. The minimum Gasteiger partial charge on any atom is -0.376 e. The molecule has 0 aromatic heterocycles. The van der Waals surface area contributed by atoms with Crippen LogP contribution in [0.3, 0.4) is 0 Å². The number of hydrogen-bond acceptors (Lipinski definition) is 3. The predicted octanol–water partition coefficient (Wildman–Crippen LogP) is 2.35. The molecule has 3 heteroatoms. The van der Waals surface area contributed by atoms with Gasteiger partial charge in [-0.25, -0.2) is 0 Å². The van der Waals surface area contributed by atoms with E-state index in [0.717, 1.165) is 32.7 Å². The van der Waals surface area contributed by atoms with E-state index in [4.69, 9.17) is 9.47 Å². The summed E-state index contributed by atoms with van der Waals surface area (Å²) in [7, 11) is 0. The zero-order valence-electron chi connectivity index (χ0n) is 10.8. The predicted molar refractivity (Wildman–Crippen MR) is 66.8 cm³/mol. The van der Waals surface area contributed by atoms with Gasteiger partial charge in [0.15, 0.2) is 0 Å². The lowest BCUT2D eigenvalue weighted by Crippen LogP contribution is -2.32. The van der Waals surface area contributed by atoms with Crippen LogP contribution in [0.1, 0.15) is 46.0 Å². The minimum atomic E-state index is 0.294. The molecule has 0 amide bonds. The van der Waals surface area contributed by atoms with Gasteiger partial charge in [0.2, 0.25) is 0 Å². The molecular weight excluding hydrogens is 202 g/mol. The van der Waals surface area contributed by atoms with Crippen LogP contribution in [0.5, 0.6) is 0 Å². The minimum absolute atomic E-state index is 0.294. The van der Waals surface area contributed by atoms with Crippen molar-refractivity contribution < 1.29 is 9.47 Å². The van der Waals surface area contributed by atoms with Crippen molar-refractivity contribution in [2.75, 3.05) is 26.3 Å². The van der Waals surface area contributed by atoms with Crippen molar-refractivity contribution in [2.24, 2.45) is 0 Å². The summed E-state index contributed by atoms with van der Waals surface area (Å²) >= 11 is 0. The first-order valence-electron chi connectivity index (χ1n) is 6.77. The summed E-state index contributed by atoms with van der Waals surface area (Å²) < 4.78 is 11.4. The molecule has 1 rings (SSSR count). The third-order valence-corrected chi connectivity index (χ3v) is 2.98. The van der Waals surface area contributed by atoms with Crippen LogP contribution in [-0.2, 0) is 9.47 Å². The summed E-state index contributed by atoms with van der Waals surface area (Å²) in [5.41, 5.74) is 0. The zero-order valence-corrected chi connectivity index (χ0v) is 10.8.